The van der Waals surface area contributed by atoms with E-state index < -0.39 is 0 Å². The van der Waals surface area contributed by atoms with Crippen molar-refractivity contribution < 1.29 is 0 Å². The molecule has 17 heavy (non-hydrogen) atoms. The number of pyridine rings is 1. The lowest BCUT2D eigenvalue weighted by molar-refractivity contribution is 0.679. The van der Waals surface area contributed by atoms with Crippen LogP contribution in [0.4, 0.5) is 0 Å². The number of nitrogens with zero attached hydrogens (tertiary/aromatic N) is 3. The molecule has 1 N–H and O–H groups in total. The van der Waals surface area contributed by atoms with Gasteiger partial charge in [-0.1, -0.05) is 0 Å². The van der Waals surface area contributed by atoms with Crippen LogP contribution in [0.25, 0.3) is 5.69 Å². The van der Waals surface area contributed by atoms with Gasteiger partial charge in [-0.15, -0.1) is 0 Å². The zero-order valence-corrected chi connectivity index (χ0v) is 9.93. The van der Waals surface area contributed by atoms with E-state index in [1.165, 1.54) is 24.0 Å². The predicted molar refractivity (Wildman–Crippen MR) is 66.0 cm³/mol. The van der Waals surface area contributed by atoms with Crippen molar-refractivity contribution in [3.63, 3.8) is 0 Å². The Morgan fingerprint density at radius 3 is 3.00 bits per heavy atom. The zero-order chi connectivity index (χ0) is 11.7. The molecule has 0 bridgehead atoms. The van der Waals surface area contributed by atoms with Gasteiger partial charge in [-0.2, -0.15) is 5.10 Å². The highest BCUT2D eigenvalue weighted by molar-refractivity contribution is 5.38. The first-order chi connectivity index (χ1) is 8.33. The van der Waals surface area contributed by atoms with Gasteiger partial charge in [0.05, 0.1) is 11.9 Å². The molecule has 0 unspecified atom stereocenters. The van der Waals surface area contributed by atoms with Crippen molar-refractivity contribution in [3.8, 4) is 5.69 Å². The monoisotopic (exact) mass is 228 g/mol. The lowest BCUT2D eigenvalue weighted by atomic mass is 10.2. The van der Waals surface area contributed by atoms with Crippen molar-refractivity contribution >= 4 is 0 Å². The summed E-state index contributed by atoms with van der Waals surface area (Å²) >= 11 is 0. The summed E-state index contributed by atoms with van der Waals surface area (Å²) in [5.41, 5.74) is 3.48. The van der Waals surface area contributed by atoms with Gasteiger partial charge in [-0.25, -0.2) is 4.68 Å². The molecular weight excluding hydrogens is 212 g/mol. The van der Waals surface area contributed by atoms with Crippen LogP contribution in [0, 0.1) is 6.92 Å². The summed E-state index contributed by atoms with van der Waals surface area (Å²) < 4.78 is 1.92. The normalized spacial score (nSPS) is 15.1. The summed E-state index contributed by atoms with van der Waals surface area (Å²) in [4.78, 5) is 4.19. The molecule has 0 amide bonds. The molecular formula is C13H16N4. The van der Waals surface area contributed by atoms with Crippen molar-refractivity contribution in [1.29, 1.82) is 0 Å². The highest BCUT2D eigenvalue weighted by atomic mass is 15.3. The zero-order valence-electron chi connectivity index (χ0n) is 9.93. The molecule has 1 saturated carbocycles. The van der Waals surface area contributed by atoms with Gasteiger partial charge >= 0.3 is 0 Å². The molecule has 1 fully saturated rings. The maximum Gasteiger partial charge on any atom is 0.0721 e. The average Bonchev–Trinajstić information content (AvgIpc) is 3.08. The highest BCUT2D eigenvalue weighted by Crippen LogP contribution is 2.20. The van der Waals surface area contributed by atoms with Gasteiger partial charge < -0.3 is 5.32 Å². The van der Waals surface area contributed by atoms with Gasteiger partial charge in [-0.05, 0) is 31.4 Å². The van der Waals surface area contributed by atoms with Gasteiger partial charge in [0.2, 0.25) is 0 Å². The molecule has 0 saturated heterocycles. The average molecular weight is 228 g/mol. The standard InChI is InChI=1S/C13H16N4/c1-10-6-16-17(9-10)13-4-5-14-7-11(13)8-15-12-2-3-12/h4-7,9,12,15H,2-3,8H2,1H3. The third-order valence-electron chi connectivity index (χ3n) is 2.99. The van der Waals surface area contributed by atoms with E-state index in [4.69, 9.17) is 0 Å². The molecule has 2 heterocycles. The number of rotatable bonds is 4. The summed E-state index contributed by atoms with van der Waals surface area (Å²) in [5, 5.41) is 7.86. The van der Waals surface area contributed by atoms with Gasteiger partial charge in [0.1, 0.15) is 0 Å². The maximum absolute atomic E-state index is 4.35. The van der Waals surface area contributed by atoms with Crippen LogP contribution in [0.2, 0.25) is 0 Å². The molecule has 0 radical (unpaired) electrons. The van der Waals surface area contributed by atoms with Crippen LogP contribution in [0.5, 0.6) is 0 Å². The third kappa shape index (κ3) is 2.36. The summed E-state index contributed by atoms with van der Waals surface area (Å²) in [7, 11) is 0. The topological polar surface area (TPSA) is 42.7 Å². The minimum atomic E-state index is 0.711. The molecule has 0 aromatic carbocycles. The van der Waals surface area contributed by atoms with Crippen LogP contribution in [0.1, 0.15) is 24.0 Å². The number of aromatic nitrogens is 3. The molecule has 2 aromatic heterocycles. The lowest BCUT2D eigenvalue weighted by Gasteiger charge is -2.09. The van der Waals surface area contributed by atoms with Crippen molar-refractivity contribution in [3.05, 3.63) is 42.0 Å². The first kappa shape index (κ1) is 10.5. The first-order valence-corrected chi connectivity index (χ1v) is 6.01. The molecule has 3 rings (SSSR count). The molecule has 4 nitrogen and oxygen atoms in total. The van der Waals surface area contributed by atoms with E-state index in [1.807, 2.05) is 42.5 Å². The van der Waals surface area contributed by atoms with Crippen LogP contribution in [0.3, 0.4) is 0 Å². The number of aryl methyl sites for hydroxylation is 1. The Kier molecular flexibility index (Phi) is 2.65. The van der Waals surface area contributed by atoms with E-state index in [0.29, 0.717) is 6.04 Å². The van der Waals surface area contributed by atoms with E-state index in [0.717, 1.165) is 12.2 Å². The summed E-state index contributed by atoms with van der Waals surface area (Å²) in [6.45, 7) is 2.92. The fourth-order valence-electron chi connectivity index (χ4n) is 1.87. The van der Waals surface area contributed by atoms with E-state index in [1.54, 1.807) is 0 Å². The van der Waals surface area contributed by atoms with Crippen LogP contribution in [-0.2, 0) is 6.54 Å². The fourth-order valence-corrected chi connectivity index (χ4v) is 1.87. The molecule has 0 spiro atoms. The Morgan fingerprint density at radius 1 is 1.41 bits per heavy atom. The summed E-state index contributed by atoms with van der Waals surface area (Å²) in [5.74, 6) is 0. The Hall–Kier alpha value is -1.68. The first-order valence-electron chi connectivity index (χ1n) is 6.01. The van der Waals surface area contributed by atoms with E-state index in [2.05, 4.69) is 15.4 Å². The quantitative estimate of drug-likeness (QED) is 0.868. The van der Waals surface area contributed by atoms with Crippen molar-refractivity contribution in [2.75, 3.05) is 0 Å². The van der Waals surface area contributed by atoms with Gasteiger partial charge in [0, 0.05) is 36.7 Å². The van der Waals surface area contributed by atoms with Crippen LogP contribution in [0.15, 0.2) is 30.9 Å². The Balaban J connectivity index is 1.86. The fraction of sp³-hybridized carbons (Fsp3) is 0.385. The summed E-state index contributed by atoms with van der Waals surface area (Å²) in [6, 6.07) is 2.72. The van der Waals surface area contributed by atoms with Crippen molar-refractivity contribution in [1.82, 2.24) is 20.1 Å². The molecule has 88 valence electrons. The van der Waals surface area contributed by atoms with E-state index >= 15 is 0 Å². The Bertz CT molecular complexity index is 514. The largest absolute Gasteiger partial charge is 0.310 e. The number of hydrogen-bond acceptors (Lipinski definition) is 3. The second-order valence-electron chi connectivity index (χ2n) is 4.62. The maximum atomic E-state index is 4.35. The lowest BCUT2D eigenvalue weighted by Crippen LogP contribution is -2.17. The second-order valence-corrected chi connectivity index (χ2v) is 4.62. The SMILES string of the molecule is Cc1cnn(-c2ccncc2CNC2CC2)c1. The molecule has 2 aromatic rings. The van der Waals surface area contributed by atoms with Crippen LogP contribution >= 0.6 is 0 Å². The predicted octanol–water partition coefficient (Wildman–Crippen LogP) is 1.83. The van der Waals surface area contributed by atoms with Gasteiger partial charge in [0.15, 0.2) is 0 Å². The Labute approximate surface area is 101 Å². The second kappa shape index (κ2) is 4.30. The minimum Gasteiger partial charge on any atom is -0.310 e. The minimum absolute atomic E-state index is 0.711. The Morgan fingerprint density at radius 2 is 2.29 bits per heavy atom. The van der Waals surface area contributed by atoms with E-state index in [-0.39, 0.29) is 0 Å². The smallest absolute Gasteiger partial charge is 0.0721 e. The molecule has 0 aliphatic heterocycles. The van der Waals surface area contributed by atoms with Crippen LogP contribution in [-0.4, -0.2) is 20.8 Å². The van der Waals surface area contributed by atoms with Crippen LogP contribution < -0.4 is 5.32 Å². The number of hydrogen-bond donors (Lipinski definition) is 1. The third-order valence-corrected chi connectivity index (χ3v) is 2.99. The van der Waals surface area contributed by atoms with Crippen molar-refractivity contribution in [2.24, 2.45) is 0 Å². The number of nitrogens with one attached hydrogen (secondary N) is 1. The molecule has 0 atom stereocenters. The molecule has 1 aliphatic carbocycles. The van der Waals surface area contributed by atoms with E-state index in [9.17, 15) is 0 Å². The van der Waals surface area contributed by atoms with Crippen molar-refractivity contribution in [2.45, 2.75) is 32.4 Å². The van der Waals surface area contributed by atoms with Gasteiger partial charge in [0.25, 0.3) is 0 Å². The highest BCUT2D eigenvalue weighted by Gasteiger charge is 2.20. The molecule has 4 heteroatoms. The molecule has 1 aliphatic rings. The summed E-state index contributed by atoms with van der Waals surface area (Å²) in [6.07, 6.45) is 10.2. The van der Waals surface area contributed by atoms with Gasteiger partial charge in [-0.3, -0.25) is 4.98 Å².